The third-order valence-corrected chi connectivity index (χ3v) is 3.72. The Balaban J connectivity index is 2.28. The summed E-state index contributed by atoms with van der Waals surface area (Å²) in [5.41, 5.74) is -0.961. The quantitative estimate of drug-likeness (QED) is 0.723. The maximum atomic E-state index is 13.2. The first-order valence-corrected chi connectivity index (χ1v) is 7.74. The predicted molar refractivity (Wildman–Crippen MR) is 88.3 cm³/mol. The molecule has 1 N–H and O–H groups in total. The average Bonchev–Trinajstić information content (AvgIpc) is 2.55. The third kappa shape index (κ3) is 4.87. The zero-order chi connectivity index (χ0) is 18.6. The van der Waals surface area contributed by atoms with E-state index in [1.165, 1.54) is 25.4 Å². The van der Waals surface area contributed by atoms with E-state index in [9.17, 15) is 13.2 Å². The van der Waals surface area contributed by atoms with Crippen molar-refractivity contribution in [1.82, 2.24) is 9.97 Å². The van der Waals surface area contributed by atoms with Crippen molar-refractivity contribution >= 4 is 29.0 Å². The lowest BCUT2D eigenvalue weighted by molar-refractivity contribution is -0.139. The molecule has 1 aromatic carbocycles. The average molecular weight is 396 g/mol. The number of benzene rings is 1. The molecule has 25 heavy (non-hydrogen) atoms. The molecule has 1 aromatic heterocycles. The summed E-state index contributed by atoms with van der Waals surface area (Å²) < 4.78 is 50.3. The zero-order valence-electron chi connectivity index (χ0n) is 13.2. The number of ether oxygens (including phenoxy) is 2. The molecule has 2 aromatic rings. The molecule has 0 radical (unpaired) electrons. The van der Waals surface area contributed by atoms with Gasteiger partial charge in [0.25, 0.3) is 0 Å². The molecule has 0 saturated heterocycles. The lowest BCUT2D eigenvalue weighted by Crippen LogP contribution is -2.18. The van der Waals surface area contributed by atoms with E-state index in [-0.39, 0.29) is 28.2 Å². The highest BCUT2D eigenvalue weighted by molar-refractivity contribution is 6.30. The van der Waals surface area contributed by atoms with Gasteiger partial charge in [0.1, 0.15) is 12.7 Å². The molecule has 0 saturated carbocycles. The molecule has 5 nitrogen and oxygen atoms in total. The van der Waals surface area contributed by atoms with Crippen LogP contribution in [-0.4, -0.2) is 30.7 Å². The molecule has 0 aliphatic carbocycles. The van der Waals surface area contributed by atoms with Crippen LogP contribution in [0.15, 0.2) is 24.4 Å². The first-order chi connectivity index (χ1) is 11.8. The molecule has 136 valence electrons. The number of nitrogens with one attached hydrogen (secondary N) is 1. The highest BCUT2D eigenvalue weighted by Gasteiger charge is 2.35. The second-order valence-electron chi connectivity index (χ2n) is 4.87. The van der Waals surface area contributed by atoms with Gasteiger partial charge in [-0.3, -0.25) is 0 Å². The summed E-state index contributed by atoms with van der Waals surface area (Å²) in [5, 5.41) is 2.93. The van der Waals surface area contributed by atoms with Crippen molar-refractivity contribution in [1.29, 1.82) is 0 Å². The van der Waals surface area contributed by atoms with E-state index in [1.807, 2.05) is 0 Å². The summed E-state index contributed by atoms with van der Waals surface area (Å²) in [6.07, 6.45) is -4.23. The molecule has 0 fully saturated rings. The van der Waals surface area contributed by atoms with E-state index in [2.05, 4.69) is 15.3 Å². The van der Waals surface area contributed by atoms with E-state index < -0.39 is 17.8 Å². The van der Waals surface area contributed by atoms with E-state index in [0.717, 1.165) is 6.07 Å². The van der Waals surface area contributed by atoms with Crippen molar-refractivity contribution in [2.45, 2.75) is 12.3 Å². The van der Waals surface area contributed by atoms with Crippen molar-refractivity contribution in [3.8, 4) is 5.75 Å². The molecule has 0 aliphatic rings. The van der Waals surface area contributed by atoms with Crippen LogP contribution in [-0.2, 0) is 10.9 Å². The standard InChI is InChI=1S/C15H14Cl2F3N3O2/c1-21-13-11(6-22-14(17)23-13)25-7-12(24-2)9-5-8(16)3-4-10(9)15(18,19)20/h3-6,12H,7H2,1-2H3,(H,21,22,23). The zero-order valence-corrected chi connectivity index (χ0v) is 14.7. The van der Waals surface area contributed by atoms with Crippen LogP contribution in [0.5, 0.6) is 5.75 Å². The van der Waals surface area contributed by atoms with Crippen molar-refractivity contribution in [3.05, 3.63) is 45.8 Å². The highest BCUT2D eigenvalue weighted by Crippen LogP contribution is 2.37. The van der Waals surface area contributed by atoms with Gasteiger partial charge >= 0.3 is 6.18 Å². The largest absolute Gasteiger partial charge is 0.485 e. The van der Waals surface area contributed by atoms with E-state index >= 15 is 0 Å². The van der Waals surface area contributed by atoms with Crippen LogP contribution in [0.25, 0.3) is 0 Å². The van der Waals surface area contributed by atoms with Gasteiger partial charge < -0.3 is 14.8 Å². The number of rotatable bonds is 6. The summed E-state index contributed by atoms with van der Waals surface area (Å²) in [6, 6.07) is 3.29. The molecule has 10 heteroatoms. The summed E-state index contributed by atoms with van der Waals surface area (Å²) in [6.45, 7) is -0.209. The maximum Gasteiger partial charge on any atom is 0.416 e. The molecule has 0 amide bonds. The Morgan fingerprint density at radius 1 is 1.28 bits per heavy atom. The minimum Gasteiger partial charge on any atom is -0.485 e. The Morgan fingerprint density at radius 3 is 2.60 bits per heavy atom. The van der Waals surface area contributed by atoms with Crippen molar-refractivity contribution in [2.75, 3.05) is 26.1 Å². The van der Waals surface area contributed by atoms with Crippen molar-refractivity contribution in [2.24, 2.45) is 0 Å². The van der Waals surface area contributed by atoms with Gasteiger partial charge in [0.15, 0.2) is 11.6 Å². The number of methoxy groups -OCH3 is 1. The van der Waals surface area contributed by atoms with E-state index in [1.54, 1.807) is 7.05 Å². The van der Waals surface area contributed by atoms with Gasteiger partial charge in [0.2, 0.25) is 5.28 Å². The first-order valence-electron chi connectivity index (χ1n) is 6.98. The van der Waals surface area contributed by atoms with Gasteiger partial charge in [0.05, 0.1) is 11.8 Å². The smallest absolute Gasteiger partial charge is 0.416 e. The van der Waals surface area contributed by atoms with Gasteiger partial charge in [-0.25, -0.2) is 4.98 Å². The Morgan fingerprint density at radius 2 is 2.00 bits per heavy atom. The fourth-order valence-electron chi connectivity index (χ4n) is 2.14. The number of nitrogens with zero attached hydrogens (tertiary/aromatic N) is 2. The highest BCUT2D eigenvalue weighted by atomic mass is 35.5. The second kappa shape index (κ2) is 8.07. The number of alkyl halides is 3. The van der Waals surface area contributed by atoms with Crippen LogP contribution < -0.4 is 10.1 Å². The van der Waals surface area contributed by atoms with Gasteiger partial charge in [-0.1, -0.05) is 11.6 Å². The lowest BCUT2D eigenvalue weighted by atomic mass is 10.0. The fraction of sp³-hybridized carbons (Fsp3) is 0.333. The van der Waals surface area contributed by atoms with Crippen molar-refractivity contribution in [3.63, 3.8) is 0 Å². The summed E-state index contributed by atoms with van der Waals surface area (Å²) in [5.74, 6) is 0.529. The SMILES string of the molecule is CNc1nc(Cl)ncc1OCC(OC)c1cc(Cl)ccc1C(F)(F)F. The third-order valence-electron chi connectivity index (χ3n) is 3.30. The summed E-state index contributed by atoms with van der Waals surface area (Å²) >= 11 is 11.5. The molecule has 0 aliphatic heterocycles. The molecular formula is C15H14Cl2F3N3O2. The van der Waals surface area contributed by atoms with Crippen LogP contribution in [0.2, 0.25) is 10.3 Å². The minimum atomic E-state index is -4.55. The molecule has 1 heterocycles. The number of aromatic nitrogens is 2. The predicted octanol–water partition coefficient (Wildman–Crippen LogP) is 4.61. The van der Waals surface area contributed by atoms with Crippen molar-refractivity contribution < 1.29 is 22.6 Å². The van der Waals surface area contributed by atoms with Crippen LogP contribution in [0.4, 0.5) is 19.0 Å². The van der Waals surface area contributed by atoms with Gasteiger partial charge in [-0.05, 0) is 35.4 Å². The van der Waals surface area contributed by atoms with Crippen LogP contribution in [0, 0.1) is 0 Å². The number of halogens is 5. The molecule has 1 atom stereocenters. The molecule has 0 bridgehead atoms. The number of hydrogen-bond acceptors (Lipinski definition) is 5. The number of hydrogen-bond donors (Lipinski definition) is 1. The second-order valence-corrected chi connectivity index (χ2v) is 5.64. The molecule has 0 spiro atoms. The molecule has 2 rings (SSSR count). The fourth-order valence-corrected chi connectivity index (χ4v) is 2.46. The minimum absolute atomic E-state index is 0.00851. The lowest BCUT2D eigenvalue weighted by Gasteiger charge is -2.21. The van der Waals surface area contributed by atoms with E-state index in [4.69, 9.17) is 32.7 Å². The first kappa shape index (κ1) is 19.6. The topological polar surface area (TPSA) is 56.3 Å². The summed E-state index contributed by atoms with van der Waals surface area (Å²) in [4.78, 5) is 7.70. The molecular weight excluding hydrogens is 382 g/mol. The monoisotopic (exact) mass is 395 g/mol. The Kier molecular flexibility index (Phi) is 6.31. The Hall–Kier alpha value is -1.77. The molecule has 1 unspecified atom stereocenters. The number of anilines is 1. The van der Waals surface area contributed by atoms with Crippen LogP contribution >= 0.6 is 23.2 Å². The van der Waals surface area contributed by atoms with Crippen LogP contribution in [0.1, 0.15) is 17.2 Å². The van der Waals surface area contributed by atoms with Gasteiger partial charge in [-0.15, -0.1) is 0 Å². The Bertz CT molecular complexity index is 744. The maximum absolute atomic E-state index is 13.2. The van der Waals surface area contributed by atoms with Crippen LogP contribution in [0.3, 0.4) is 0 Å². The normalized spacial score (nSPS) is 12.8. The Labute approximate surface area is 152 Å². The van der Waals surface area contributed by atoms with Gasteiger partial charge in [-0.2, -0.15) is 18.2 Å². The van der Waals surface area contributed by atoms with Gasteiger partial charge in [0, 0.05) is 19.2 Å². The van der Waals surface area contributed by atoms with E-state index in [0.29, 0.717) is 5.82 Å². The summed E-state index contributed by atoms with van der Waals surface area (Å²) in [7, 11) is 2.88.